The maximum Gasteiger partial charge on any atom is 0.416 e. The molecule has 0 aliphatic carbocycles. The SMILES string of the molecule is OCc1cc(C(F)(F)F)cc(C(F)(F)F)c1.OP(O)Oc1ncc(CN2CCOC[C@@H]2c2ccc(F)cc2)[nH]1. The van der Waals surface area contributed by atoms with Gasteiger partial charge in [0, 0.05) is 13.1 Å². The van der Waals surface area contributed by atoms with E-state index >= 15 is 0 Å². The number of hydrogen-bond acceptors (Lipinski definition) is 7. The molecule has 0 saturated carbocycles. The van der Waals surface area contributed by atoms with Crippen LogP contribution in [-0.4, -0.2) is 49.5 Å². The van der Waals surface area contributed by atoms with Crippen LogP contribution >= 0.6 is 8.60 Å². The number of halogens is 7. The molecular formula is C23H23F7N3O5P. The third-order valence-corrected chi connectivity index (χ3v) is 5.81. The Labute approximate surface area is 218 Å². The highest BCUT2D eigenvalue weighted by molar-refractivity contribution is 7.39. The number of nitrogens with one attached hydrogen (secondary N) is 1. The number of nitrogens with zero attached hydrogens (tertiary/aromatic N) is 2. The molecule has 1 saturated heterocycles. The van der Waals surface area contributed by atoms with Crippen LogP contribution in [0.2, 0.25) is 0 Å². The number of morpholine rings is 1. The molecule has 1 aliphatic heterocycles. The topological polar surface area (TPSA) is 111 Å². The number of benzene rings is 2. The third kappa shape index (κ3) is 9.12. The molecule has 4 rings (SSSR count). The van der Waals surface area contributed by atoms with Gasteiger partial charge in [-0.1, -0.05) is 12.1 Å². The summed E-state index contributed by atoms with van der Waals surface area (Å²) in [6.45, 7) is 1.56. The highest BCUT2D eigenvalue weighted by Crippen LogP contribution is 2.36. The van der Waals surface area contributed by atoms with Crippen molar-refractivity contribution < 1.29 is 54.9 Å². The molecule has 16 heteroatoms. The zero-order chi connectivity index (χ0) is 28.8. The summed E-state index contributed by atoms with van der Waals surface area (Å²) in [5.41, 5.74) is -1.51. The van der Waals surface area contributed by atoms with Crippen LogP contribution in [0.3, 0.4) is 0 Å². The van der Waals surface area contributed by atoms with Crippen LogP contribution in [0.1, 0.15) is 34.0 Å². The maximum atomic E-state index is 13.1. The van der Waals surface area contributed by atoms with Gasteiger partial charge in [0.25, 0.3) is 6.01 Å². The molecule has 1 aromatic heterocycles. The van der Waals surface area contributed by atoms with Crippen LogP contribution in [0.4, 0.5) is 30.7 Å². The Morgan fingerprint density at radius 3 is 2.18 bits per heavy atom. The highest BCUT2D eigenvalue weighted by atomic mass is 31.2. The van der Waals surface area contributed by atoms with Gasteiger partial charge in [-0.3, -0.25) is 4.90 Å². The van der Waals surface area contributed by atoms with Crippen LogP contribution < -0.4 is 4.52 Å². The number of alkyl halides is 6. The Morgan fingerprint density at radius 2 is 1.64 bits per heavy atom. The maximum absolute atomic E-state index is 13.1. The van der Waals surface area contributed by atoms with E-state index in [0.29, 0.717) is 31.9 Å². The van der Waals surface area contributed by atoms with Crippen molar-refractivity contribution in [2.75, 3.05) is 19.8 Å². The molecule has 0 radical (unpaired) electrons. The van der Waals surface area contributed by atoms with E-state index in [1.165, 1.54) is 12.1 Å². The van der Waals surface area contributed by atoms with Crippen molar-refractivity contribution in [1.82, 2.24) is 14.9 Å². The fourth-order valence-corrected chi connectivity index (χ4v) is 3.94. The van der Waals surface area contributed by atoms with Crippen molar-refractivity contribution in [3.05, 3.63) is 82.4 Å². The molecule has 0 bridgehead atoms. The van der Waals surface area contributed by atoms with Crippen LogP contribution in [-0.2, 0) is 30.2 Å². The second-order valence-electron chi connectivity index (χ2n) is 8.24. The van der Waals surface area contributed by atoms with E-state index < -0.39 is 44.3 Å². The smallest absolute Gasteiger partial charge is 0.393 e. The molecule has 1 fully saturated rings. The van der Waals surface area contributed by atoms with E-state index in [2.05, 4.69) is 14.9 Å². The van der Waals surface area contributed by atoms with Gasteiger partial charge in [0.2, 0.25) is 0 Å². The van der Waals surface area contributed by atoms with Crippen molar-refractivity contribution in [2.24, 2.45) is 0 Å². The molecular weight excluding hydrogens is 562 g/mol. The van der Waals surface area contributed by atoms with E-state index in [0.717, 1.165) is 17.8 Å². The summed E-state index contributed by atoms with van der Waals surface area (Å²) in [5.74, 6) is -0.267. The van der Waals surface area contributed by atoms with Crippen molar-refractivity contribution >= 4 is 8.60 Å². The molecule has 1 atom stereocenters. The van der Waals surface area contributed by atoms with Crippen molar-refractivity contribution in [3.63, 3.8) is 0 Å². The van der Waals surface area contributed by atoms with Gasteiger partial charge in [-0.15, -0.1) is 0 Å². The Morgan fingerprint density at radius 1 is 1.03 bits per heavy atom. The first kappa shape index (κ1) is 30.7. The zero-order valence-corrected chi connectivity index (χ0v) is 20.8. The molecule has 0 unspecified atom stereocenters. The number of aliphatic hydroxyl groups excluding tert-OH is 1. The molecule has 0 amide bonds. The number of aliphatic hydroxyl groups is 1. The molecule has 4 N–H and O–H groups in total. The molecule has 0 spiro atoms. The van der Waals surface area contributed by atoms with Gasteiger partial charge < -0.3 is 29.1 Å². The predicted molar refractivity (Wildman–Crippen MR) is 123 cm³/mol. The van der Waals surface area contributed by atoms with Crippen LogP contribution in [0.25, 0.3) is 0 Å². The molecule has 39 heavy (non-hydrogen) atoms. The first-order valence-corrected chi connectivity index (χ1v) is 12.3. The van der Waals surface area contributed by atoms with Crippen LogP contribution in [0.15, 0.2) is 48.7 Å². The molecule has 214 valence electrons. The number of H-pyrrole nitrogens is 1. The van der Waals surface area contributed by atoms with E-state index in [9.17, 15) is 30.7 Å². The van der Waals surface area contributed by atoms with Gasteiger partial charge >= 0.3 is 21.0 Å². The number of ether oxygens (including phenoxy) is 1. The molecule has 1 aliphatic rings. The van der Waals surface area contributed by atoms with Crippen molar-refractivity contribution in [3.8, 4) is 6.01 Å². The molecule has 8 nitrogen and oxygen atoms in total. The lowest BCUT2D eigenvalue weighted by Crippen LogP contribution is -2.39. The Kier molecular flexibility index (Phi) is 10.3. The van der Waals surface area contributed by atoms with Gasteiger partial charge in [0.1, 0.15) is 5.82 Å². The normalized spacial score (nSPS) is 16.6. The number of aromatic nitrogens is 2. The largest absolute Gasteiger partial charge is 0.416 e. The lowest BCUT2D eigenvalue weighted by molar-refractivity contribution is -0.143. The Balaban J connectivity index is 0.000000231. The zero-order valence-electron chi connectivity index (χ0n) is 19.9. The second-order valence-corrected chi connectivity index (χ2v) is 8.93. The van der Waals surface area contributed by atoms with Gasteiger partial charge in [-0.2, -0.15) is 26.3 Å². The number of hydrogen-bond donors (Lipinski definition) is 4. The van der Waals surface area contributed by atoms with E-state index in [-0.39, 0.29) is 23.9 Å². The lowest BCUT2D eigenvalue weighted by atomic mass is 10.0. The monoisotopic (exact) mass is 585 g/mol. The summed E-state index contributed by atoms with van der Waals surface area (Å²) >= 11 is 0. The van der Waals surface area contributed by atoms with Crippen molar-refractivity contribution in [2.45, 2.75) is 31.5 Å². The average Bonchev–Trinajstić information content (AvgIpc) is 3.30. The number of imidazole rings is 1. The predicted octanol–water partition coefficient (Wildman–Crippen LogP) is 4.93. The fraction of sp³-hybridized carbons (Fsp3) is 0.348. The minimum Gasteiger partial charge on any atom is -0.393 e. The van der Waals surface area contributed by atoms with E-state index in [1.54, 1.807) is 18.3 Å². The van der Waals surface area contributed by atoms with Crippen molar-refractivity contribution in [1.29, 1.82) is 0 Å². The average molecular weight is 585 g/mol. The third-order valence-electron chi connectivity index (χ3n) is 5.47. The Bertz CT molecular complexity index is 1170. The molecule has 2 aromatic carbocycles. The summed E-state index contributed by atoms with van der Waals surface area (Å²) in [4.78, 5) is 26.7. The summed E-state index contributed by atoms with van der Waals surface area (Å²) in [5, 5.41) is 8.58. The number of aromatic amines is 1. The minimum absolute atomic E-state index is 0.0131. The summed E-state index contributed by atoms with van der Waals surface area (Å²) in [6, 6.07) is 7.46. The summed E-state index contributed by atoms with van der Waals surface area (Å²) in [6.07, 6.45) is -8.15. The minimum atomic E-state index is -4.87. The fourth-order valence-electron chi connectivity index (χ4n) is 3.69. The van der Waals surface area contributed by atoms with Gasteiger partial charge in [0.15, 0.2) is 0 Å². The summed E-state index contributed by atoms with van der Waals surface area (Å²) < 4.78 is 96.7. The van der Waals surface area contributed by atoms with Gasteiger partial charge in [0.05, 0.1) is 48.9 Å². The summed E-state index contributed by atoms with van der Waals surface area (Å²) in [7, 11) is -2.49. The highest BCUT2D eigenvalue weighted by Gasteiger charge is 2.36. The quantitative estimate of drug-likeness (QED) is 0.240. The Hall–Kier alpha value is -2.81. The molecule has 3 aromatic rings. The first-order valence-electron chi connectivity index (χ1n) is 11.1. The van der Waals surface area contributed by atoms with Crippen LogP contribution in [0, 0.1) is 5.82 Å². The van der Waals surface area contributed by atoms with E-state index in [4.69, 9.17) is 24.2 Å². The second kappa shape index (κ2) is 13.0. The number of rotatable bonds is 6. The van der Waals surface area contributed by atoms with Gasteiger partial charge in [-0.25, -0.2) is 9.37 Å². The molecule has 2 heterocycles. The van der Waals surface area contributed by atoms with Crippen LogP contribution in [0.5, 0.6) is 6.01 Å². The standard InChI is InChI=1S/C14H17FN3O4P.C9H6F6O/c15-11-3-1-10(2-4-11)13-9-21-6-5-18(13)8-12-7-16-14(17-12)22-23(19)20;10-8(11,12)6-1-5(4-16)2-7(3-6)9(13,14)15/h1-4,7,13,19-20H,5-6,8-9H2,(H,16,17);1-3,16H,4H2/t13-;/m1./s1. The first-order chi connectivity index (χ1) is 18.3. The lowest BCUT2D eigenvalue weighted by Gasteiger charge is -2.35. The van der Waals surface area contributed by atoms with E-state index in [1.807, 2.05) is 0 Å². The van der Waals surface area contributed by atoms with Gasteiger partial charge in [-0.05, 0) is 41.5 Å².